The average molecular weight is 837 g/mol. The van der Waals surface area contributed by atoms with Crippen LogP contribution in [-0.4, -0.2) is 244 Å². The molecule has 4 saturated heterocycles. The Kier molecular flexibility index (Phi) is 16.4. The van der Waals surface area contributed by atoms with Gasteiger partial charge in [0, 0.05) is 20.3 Å². The number of hydrogen-bond acceptors (Lipinski definition) is 23. The van der Waals surface area contributed by atoms with Crippen LogP contribution in [0, 0.1) is 0 Å². The number of carboxylic acid groups (broad SMARTS) is 1. The fourth-order valence-corrected chi connectivity index (χ4v) is 7.05. The highest BCUT2D eigenvalue weighted by Gasteiger charge is 2.61. The van der Waals surface area contributed by atoms with E-state index in [1.54, 1.807) is 0 Å². The molecule has 4 aliphatic heterocycles. The molecule has 0 saturated carbocycles. The predicted molar refractivity (Wildman–Crippen MR) is 174 cm³/mol. The van der Waals surface area contributed by atoms with E-state index < -0.39 is 179 Å². The van der Waals surface area contributed by atoms with Crippen LogP contribution in [0.1, 0.15) is 20.3 Å². The van der Waals surface area contributed by atoms with Gasteiger partial charge in [0.25, 0.3) is 5.79 Å². The van der Waals surface area contributed by atoms with Crippen molar-refractivity contribution in [3.8, 4) is 0 Å². The number of carbonyl (C=O) groups excluding carboxylic acids is 2. The molecule has 0 spiro atoms. The molecule has 330 valence electrons. The Hall–Kier alpha value is -2.39. The zero-order valence-corrected chi connectivity index (χ0v) is 30.4. The van der Waals surface area contributed by atoms with E-state index in [9.17, 15) is 85.9 Å². The molecule has 0 aromatic rings. The van der Waals surface area contributed by atoms with Gasteiger partial charge in [-0.05, 0) is 0 Å². The van der Waals surface area contributed by atoms with Crippen molar-refractivity contribution in [1.82, 2.24) is 10.6 Å². The third kappa shape index (κ3) is 10.2. The highest BCUT2D eigenvalue weighted by molar-refractivity contribution is 5.77. The fourth-order valence-electron chi connectivity index (χ4n) is 7.05. The number of nitrogens with one attached hydrogen (secondary N) is 2. The summed E-state index contributed by atoms with van der Waals surface area (Å²) in [6.07, 6.45) is -36.2. The maximum Gasteiger partial charge on any atom is 0.364 e. The van der Waals surface area contributed by atoms with Crippen LogP contribution in [-0.2, 0) is 47.5 Å². The number of aliphatic hydroxyl groups is 13. The average Bonchev–Trinajstić information content (AvgIpc) is 3.16. The number of carboxylic acids is 1. The van der Waals surface area contributed by atoms with Gasteiger partial charge in [-0.25, -0.2) is 4.79 Å². The first kappa shape index (κ1) is 47.3. The van der Waals surface area contributed by atoms with Crippen molar-refractivity contribution in [2.24, 2.45) is 0 Å². The lowest BCUT2D eigenvalue weighted by atomic mass is 9.88. The van der Waals surface area contributed by atoms with Crippen LogP contribution < -0.4 is 10.6 Å². The van der Waals surface area contributed by atoms with E-state index in [0.717, 1.165) is 13.8 Å². The molecule has 0 aliphatic carbocycles. The molecule has 4 aliphatic rings. The van der Waals surface area contributed by atoms with E-state index in [1.807, 2.05) is 0 Å². The molecule has 1 unspecified atom stereocenters. The van der Waals surface area contributed by atoms with E-state index in [-0.39, 0.29) is 0 Å². The summed E-state index contributed by atoms with van der Waals surface area (Å²) in [6, 6.07) is -3.51. The number of ether oxygens (including phenoxy) is 7. The zero-order chi connectivity index (χ0) is 42.7. The number of aliphatic hydroxyl groups excluding tert-OH is 13. The highest BCUT2D eigenvalue weighted by Crippen LogP contribution is 2.39. The minimum absolute atomic E-state index is 0.792. The van der Waals surface area contributed by atoms with Crippen LogP contribution in [0.25, 0.3) is 0 Å². The molecule has 4 rings (SSSR count). The van der Waals surface area contributed by atoms with E-state index in [2.05, 4.69) is 10.6 Å². The summed E-state index contributed by atoms with van der Waals surface area (Å²) >= 11 is 0. The van der Waals surface area contributed by atoms with Gasteiger partial charge >= 0.3 is 5.97 Å². The topological polar surface area (TPSA) is 423 Å². The van der Waals surface area contributed by atoms with Gasteiger partial charge in [0.2, 0.25) is 11.8 Å². The molecule has 21 atom stereocenters. The molecule has 4 fully saturated rings. The van der Waals surface area contributed by atoms with Crippen molar-refractivity contribution in [3.05, 3.63) is 0 Å². The lowest BCUT2D eigenvalue weighted by Crippen LogP contribution is -2.72. The third-order valence-electron chi connectivity index (χ3n) is 9.98. The van der Waals surface area contributed by atoms with Gasteiger partial charge in [-0.2, -0.15) is 0 Å². The molecule has 0 aromatic carbocycles. The maximum atomic E-state index is 13.0. The second kappa shape index (κ2) is 19.8. The number of hydrogen-bond donors (Lipinski definition) is 16. The van der Waals surface area contributed by atoms with E-state index in [4.69, 9.17) is 33.2 Å². The summed E-state index contributed by atoms with van der Waals surface area (Å²) in [6.45, 7) is -2.07. The summed E-state index contributed by atoms with van der Waals surface area (Å²) in [5.41, 5.74) is 0. The minimum atomic E-state index is -3.12. The van der Waals surface area contributed by atoms with Gasteiger partial charge < -0.3 is 115 Å². The second-order valence-electron chi connectivity index (χ2n) is 14.0. The summed E-state index contributed by atoms with van der Waals surface area (Å²) in [5, 5.41) is 151. The SMILES string of the molecule is CC(=O)N[C@H]1[C@H](O[C@H]2[C@@H](O)[C@@H](CO)O[C@@H](O[C@H]3[C@H](O)[C@@H](O)C(O)O[C@@H]3CO)[C@@H]2O)O[C@H](CO)[C@@H](O)[C@@H]1O[C@]1(C(=O)O)C[C@H](O)[C@@H](NC(C)=O)[C@H]([C@H](O)[C@H](O)CO)O1. The Morgan fingerprint density at radius 3 is 1.74 bits per heavy atom. The molecule has 2 amide bonds. The number of rotatable bonds is 15. The summed E-state index contributed by atoms with van der Waals surface area (Å²) < 4.78 is 39.1. The minimum Gasteiger partial charge on any atom is -0.477 e. The fraction of sp³-hybridized carbons (Fsp3) is 0.903. The first-order valence-electron chi connectivity index (χ1n) is 17.7. The van der Waals surface area contributed by atoms with Crippen molar-refractivity contribution < 1.29 is 119 Å². The molecule has 26 heteroatoms. The van der Waals surface area contributed by atoms with Crippen molar-refractivity contribution in [1.29, 1.82) is 0 Å². The Morgan fingerprint density at radius 1 is 0.684 bits per heavy atom. The van der Waals surface area contributed by atoms with Crippen LogP contribution in [0.3, 0.4) is 0 Å². The van der Waals surface area contributed by atoms with Gasteiger partial charge in [0.15, 0.2) is 18.9 Å². The zero-order valence-electron chi connectivity index (χ0n) is 30.4. The predicted octanol–water partition coefficient (Wildman–Crippen LogP) is -10.3. The Balaban J connectivity index is 1.71. The molecule has 57 heavy (non-hydrogen) atoms. The van der Waals surface area contributed by atoms with Crippen LogP contribution in [0.5, 0.6) is 0 Å². The van der Waals surface area contributed by atoms with Crippen LogP contribution >= 0.6 is 0 Å². The second-order valence-corrected chi connectivity index (χ2v) is 14.0. The number of amides is 2. The smallest absolute Gasteiger partial charge is 0.364 e. The summed E-state index contributed by atoms with van der Waals surface area (Å²) in [4.78, 5) is 37.5. The van der Waals surface area contributed by atoms with Crippen LogP contribution in [0.2, 0.25) is 0 Å². The monoisotopic (exact) mass is 836 g/mol. The van der Waals surface area contributed by atoms with Gasteiger partial charge in [0.05, 0.1) is 38.6 Å². The Labute approximate surface area is 322 Å². The van der Waals surface area contributed by atoms with Crippen LogP contribution in [0.4, 0.5) is 0 Å². The standard InChI is InChI=1S/C31H52N2O24/c1-8(38)32-15-10(40)3-31(30(49)50,56-24(15)17(42)11(41)4-34)57-25-16(33-9(2)39)28(52-12(5-35)18(25)43)55-26-19(44)13(6-36)53-29(22(26)47)54-23-14(7-37)51-27(48)21(46)20(23)45/h10-29,34-37,40-48H,3-7H2,1-2H3,(H,32,38)(H,33,39)(H,49,50)/t10-,11+,12+,13+,14+,15+,16+,17+,18+,19-,20+,21+,22+,23+,24+,25+,26-,27?,28-,29-,31-/m0/s1. The van der Waals surface area contributed by atoms with Crippen molar-refractivity contribution in [2.45, 2.75) is 149 Å². The molecule has 26 nitrogen and oxygen atoms in total. The number of carbonyl (C=O) groups is 3. The quantitative estimate of drug-likeness (QED) is 0.0728. The van der Waals surface area contributed by atoms with Crippen molar-refractivity contribution in [3.63, 3.8) is 0 Å². The highest BCUT2D eigenvalue weighted by atomic mass is 16.8. The van der Waals surface area contributed by atoms with Crippen molar-refractivity contribution >= 4 is 17.8 Å². The first-order chi connectivity index (χ1) is 26.7. The maximum absolute atomic E-state index is 13.0. The van der Waals surface area contributed by atoms with Gasteiger partial charge in [-0.15, -0.1) is 0 Å². The largest absolute Gasteiger partial charge is 0.477 e. The molecule has 0 bridgehead atoms. The molecule has 16 N–H and O–H groups in total. The lowest BCUT2D eigenvalue weighted by molar-refractivity contribution is -0.382. The molecule has 0 radical (unpaired) electrons. The van der Waals surface area contributed by atoms with Gasteiger partial charge in [-0.3, -0.25) is 9.59 Å². The van der Waals surface area contributed by atoms with E-state index in [1.165, 1.54) is 0 Å². The van der Waals surface area contributed by atoms with Crippen molar-refractivity contribution in [2.75, 3.05) is 26.4 Å². The number of aliphatic carboxylic acids is 1. The van der Waals surface area contributed by atoms with Crippen LogP contribution in [0.15, 0.2) is 0 Å². The lowest BCUT2D eigenvalue weighted by Gasteiger charge is -2.51. The van der Waals surface area contributed by atoms with Gasteiger partial charge in [0.1, 0.15) is 91.5 Å². The normalized spacial score (nSPS) is 45.1. The molecule has 4 heterocycles. The van der Waals surface area contributed by atoms with E-state index in [0.29, 0.717) is 0 Å². The van der Waals surface area contributed by atoms with E-state index >= 15 is 0 Å². The third-order valence-corrected chi connectivity index (χ3v) is 9.98. The summed E-state index contributed by atoms with van der Waals surface area (Å²) in [7, 11) is 0. The first-order valence-corrected chi connectivity index (χ1v) is 17.7. The molecule has 0 aromatic heterocycles. The summed E-state index contributed by atoms with van der Waals surface area (Å²) in [5.74, 6) is -6.85. The Morgan fingerprint density at radius 2 is 1.21 bits per heavy atom. The molecular formula is C31H52N2O24. The Bertz CT molecular complexity index is 1350. The van der Waals surface area contributed by atoms with Gasteiger partial charge in [-0.1, -0.05) is 0 Å². The molecular weight excluding hydrogens is 784 g/mol.